The Balaban J connectivity index is 1.50. The van der Waals surface area contributed by atoms with Crippen molar-refractivity contribution in [3.8, 4) is 0 Å². The van der Waals surface area contributed by atoms with Crippen molar-refractivity contribution in [1.29, 1.82) is 0 Å². The van der Waals surface area contributed by atoms with Gasteiger partial charge in [0.05, 0.1) is 6.10 Å². The van der Waals surface area contributed by atoms with Gasteiger partial charge in [-0.15, -0.1) is 0 Å². The molecule has 0 aliphatic heterocycles. The van der Waals surface area contributed by atoms with Crippen molar-refractivity contribution in [3.05, 3.63) is 0 Å². The summed E-state index contributed by atoms with van der Waals surface area (Å²) in [5.74, 6) is 3.77. The summed E-state index contributed by atoms with van der Waals surface area (Å²) < 4.78 is 6.25. The molecule has 2 fully saturated rings. The third-order valence-corrected chi connectivity index (χ3v) is 6.59. The van der Waals surface area contributed by atoms with Gasteiger partial charge in [-0.05, 0) is 62.2 Å². The van der Waals surface area contributed by atoms with Crippen LogP contribution < -0.4 is 0 Å². The first kappa shape index (κ1) is 19.3. The first-order chi connectivity index (χ1) is 11.2. The van der Waals surface area contributed by atoms with E-state index >= 15 is 0 Å². The van der Waals surface area contributed by atoms with E-state index in [1.807, 2.05) is 0 Å². The van der Waals surface area contributed by atoms with Gasteiger partial charge in [0.2, 0.25) is 0 Å². The van der Waals surface area contributed by atoms with E-state index in [2.05, 4.69) is 20.8 Å². The number of rotatable bonds is 9. The SMILES string of the molecule is CCCC(C)CCCC1CCC(COC2CCC(C)CC2)CC1. The molecule has 2 rings (SSSR count). The minimum absolute atomic E-state index is 0.587. The molecule has 1 unspecified atom stereocenters. The van der Waals surface area contributed by atoms with Crippen molar-refractivity contribution in [2.75, 3.05) is 6.61 Å². The molecule has 0 heterocycles. The number of hydrogen-bond acceptors (Lipinski definition) is 1. The van der Waals surface area contributed by atoms with Gasteiger partial charge in [0.15, 0.2) is 0 Å². The van der Waals surface area contributed by atoms with Gasteiger partial charge >= 0.3 is 0 Å². The first-order valence-corrected chi connectivity index (χ1v) is 10.8. The maximum absolute atomic E-state index is 6.25. The summed E-state index contributed by atoms with van der Waals surface area (Å²) in [6.07, 6.45) is 19.0. The smallest absolute Gasteiger partial charge is 0.0575 e. The Morgan fingerprint density at radius 1 is 0.870 bits per heavy atom. The highest BCUT2D eigenvalue weighted by Crippen LogP contribution is 2.33. The second kappa shape index (κ2) is 10.7. The molecule has 0 aromatic carbocycles. The minimum Gasteiger partial charge on any atom is -0.378 e. The predicted molar refractivity (Wildman–Crippen MR) is 101 cm³/mol. The van der Waals surface area contributed by atoms with Gasteiger partial charge in [-0.1, -0.05) is 65.7 Å². The molecule has 2 aliphatic rings. The lowest BCUT2D eigenvalue weighted by Crippen LogP contribution is -2.25. The van der Waals surface area contributed by atoms with Crippen LogP contribution in [0.5, 0.6) is 0 Å². The third-order valence-electron chi connectivity index (χ3n) is 6.59. The topological polar surface area (TPSA) is 9.23 Å². The largest absolute Gasteiger partial charge is 0.378 e. The van der Waals surface area contributed by atoms with E-state index in [0.717, 1.165) is 30.3 Å². The predicted octanol–water partition coefficient (Wildman–Crippen LogP) is 6.99. The van der Waals surface area contributed by atoms with Crippen molar-refractivity contribution in [1.82, 2.24) is 0 Å². The molecule has 0 saturated heterocycles. The highest BCUT2D eigenvalue weighted by atomic mass is 16.5. The van der Waals surface area contributed by atoms with Crippen LogP contribution in [0.25, 0.3) is 0 Å². The van der Waals surface area contributed by atoms with Gasteiger partial charge in [-0.25, -0.2) is 0 Å². The van der Waals surface area contributed by atoms with E-state index in [-0.39, 0.29) is 0 Å². The summed E-state index contributed by atoms with van der Waals surface area (Å²) in [5.41, 5.74) is 0. The van der Waals surface area contributed by atoms with Crippen LogP contribution in [0.15, 0.2) is 0 Å². The molecule has 2 aliphatic carbocycles. The van der Waals surface area contributed by atoms with E-state index in [0.29, 0.717) is 6.10 Å². The fourth-order valence-electron chi connectivity index (χ4n) is 4.75. The molecule has 0 bridgehead atoms. The van der Waals surface area contributed by atoms with Crippen LogP contribution in [0, 0.1) is 23.7 Å². The lowest BCUT2D eigenvalue weighted by Gasteiger charge is -2.31. The lowest BCUT2D eigenvalue weighted by molar-refractivity contribution is -0.00843. The summed E-state index contributed by atoms with van der Waals surface area (Å²) in [7, 11) is 0. The molecule has 0 aromatic heterocycles. The average Bonchev–Trinajstić information content (AvgIpc) is 2.56. The zero-order valence-electron chi connectivity index (χ0n) is 16.2. The molecule has 0 N–H and O–H groups in total. The fourth-order valence-corrected chi connectivity index (χ4v) is 4.75. The first-order valence-electron chi connectivity index (χ1n) is 10.8. The van der Waals surface area contributed by atoms with E-state index in [4.69, 9.17) is 4.74 Å². The minimum atomic E-state index is 0.587. The fraction of sp³-hybridized carbons (Fsp3) is 1.00. The van der Waals surface area contributed by atoms with Gasteiger partial charge in [0.1, 0.15) is 0 Å². The molecule has 136 valence electrons. The summed E-state index contributed by atoms with van der Waals surface area (Å²) in [5, 5.41) is 0. The molecule has 0 amide bonds. The number of hydrogen-bond donors (Lipinski definition) is 0. The Kier molecular flexibility index (Phi) is 9.01. The van der Waals surface area contributed by atoms with E-state index in [1.165, 1.54) is 83.5 Å². The Hall–Kier alpha value is -0.0400. The summed E-state index contributed by atoms with van der Waals surface area (Å²) in [4.78, 5) is 0. The maximum Gasteiger partial charge on any atom is 0.0575 e. The average molecular weight is 323 g/mol. The molecule has 1 heteroatoms. The standard InChI is InChI=1S/C22H42O/c1-4-6-18(2)7-5-8-20-11-13-21(14-12-20)17-23-22-15-9-19(3)10-16-22/h18-22H,4-17H2,1-3H3. The summed E-state index contributed by atoms with van der Waals surface area (Å²) in [6, 6.07) is 0. The van der Waals surface area contributed by atoms with E-state index in [1.54, 1.807) is 0 Å². The zero-order valence-corrected chi connectivity index (χ0v) is 16.2. The lowest BCUT2D eigenvalue weighted by atomic mass is 9.79. The second-order valence-corrected chi connectivity index (χ2v) is 8.93. The molecule has 0 spiro atoms. The Labute approximate surface area is 146 Å². The zero-order chi connectivity index (χ0) is 16.5. The highest BCUT2D eigenvalue weighted by Gasteiger charge is 2.24. The summed E-state index contributed by atoms with van der Waals surface area (Å²) >= 11 is 0. The van der Waals surface area contributed by atoms with Crippen LogP contribution in [0.2, 0.25) is 0 Å². The molecule has 2 saturated carbocycles. The normalized spacial score (nSPS) is 33.5. The van der Waals surface area contributed by atoms with Crippen LogP contribution in [0.4, 0.5) is 0 Å². The molecule has 0 aromatic rings. The van der Waals surface area contributed by atoms with Crippen molar-refractivity contribution in [2.24, 2.45) is 23.7 Å². The van der Waals surface area contributed by atoms with Crippen LogP contribution in [0.3, 0.4) is 0 Å². The van der Waals surface area contributed by atoms with Gasteiger partial charge in [-0.3, -0.25) is 0 Å². The van der Waals surface area contributed by atoms with Gasteiger partial charge in [0.25, 0.3) is 0 Å². The van der Waals surface area contributed by atoms with Crippen LogP contribution in [0.1, 0.15) is 104 Å². The Bertz CT molecular complexity index is 284. The van der Waals surface area contributed by atoms with Gasteiger partial charge in [0, 0.05) is 6.61 Å². The molecule has 0 radical (unpaired) electrons. The van der Waals surface area contributed by atoms with Gasteiger partial charge < -0.3 is 4.74 Å². The molecule has 1 nitrogen and oxygen atoms in total. The highest BCUT2D eigenvalue weighted by molar-refractivity contribution is 4.75. The van der Waals surface area contributed by atoms with Gasteiger partial charge in [-0.2, -0.15) is 0 Å². The van der Waals surface area contributed by atoms with Crippen molar-refractivity contribution < 1.29 is 4.74 Å². The maximum atomic E-state index is 6.25. The monoisotopic (exact) mass is 322 g/mol. The van der Waals surface area contributed by atoms with Crippen molar-refractivity contribution >= 4 is 0 Å². The second-order valence-electron chi connectivity index (χ2n) is 8.93. The summed E-state index contributed by atoms with van der Waals surface area (Å²) in [6.45, 7) is 8.19. The molecule has 1 atom stereocenters. The Morgan fingerprint density at radius 2 is 1.52 bits per heavy atom. The number of ether oxygens (including phenoxy) is 1. The molecule has 23 heavy (non-hydrogen) atoms. The van der Waals surface area contributed by atoms with E-state index in [9.17, 15) is 0 Å². The van der Waals surface area contributed by atoms with Crippen molar-refractivity contribution in [2.45, 2.75) is 110 Å². The van der Waals surface area contributed by atoms with E-state index < -0.39 is 0 Å². The van der Waals surface area contributed by atoms with Crippen molar-refractivity contribution in [3.63, 3.8) is 0 Å². The third kappa shape index (κ3) is 7.59. The van der Waals surface area contributed by atoms with Crippen LogP contribution >= 0.6 is 0 Å². The molecular formula is C22H42O. The quantitative estimate of drug-likeness (QED) is 0.444. The Morgan fingerprint density at radius 3 is 2.17 bits per heavy atom. The molecular weight excluding hydrogens is 280 g/mol. The van der Waals surface area contributed by atoms with Crippen LogP contribution in [-0.2, 0) is 4.74 Å². The van der Waals surface area contributed by atoms with Crippen LogP contribution in [-0.4, -0.2) is 12.7 Å².